The van der Waals surface area contributed by atoms with Crippen molar-refractivity contribution in [1.82, 2.24) is 10.1 Å². The van der Waals surface area contributed by atoms with Gasteiger partial charge in [0.25, 0.3) is 0 Å². The number of nitrogens with zero attached hydrogens (tertiary/aromatic N) is 3. The van der Waals surface area contributed by atoms with Gasteiger partial charge in [0.05, 0.1) is 37.6 Å². The van der Waals surface area contributed by atoms with Crippen LogP contribution in [0.5, 0.6) is 0 Å². The second-order valence-corrected chi connectivity index (χ2v) is 8.12. The molecule has 0 radical (unpaired) electrons. The van der Waals surface area contributed by atoms with Crippen molar-refractivity contribution in [1.29, 1.82) is 0 Å². The molecule has 1 amide bonds. The van der Waals surface area contributed by atoms with E-state index in [2.05, 4.69) is 39.4 Å². The van der Waals surface area contributed by atoms with Gasteiger partial charge in [-0.15, -0.1) is 11.3 Å². The van der Waals surface area contributed by atoms with Crippen molar-refractivity contribution in [2.45, 2.75) is 19.8 Å². The van der Waals surface area contributed by atoms with Crippen LogP contribution in [-0.4, -0.2) is 48.8 Å². The Morgan fingerprint density at radius 3 is 2.72 bits per heavy atom. The Kier molecular flexibility index (Phi) is 6.21. The summed E-state index contributed by atoms with van der Waals surface area (Å²) in [5.74, 6) is 0.994. The summed E-state index contributed by atoms with van der Waals surface area (Å²) in [5, 5.41) is 8.88. The number of quaternary nitrogens is 1. The summed E-state index contributed by atoms with van der Waals surface area (Å²) in [6.07, 6.45) is 0.724. The summed E-state index contributed by atoms with van der Waals surface area (Å²) in [6, 6.07) is 12.0. The van der Waals surface area contributed by atoms with Gasteiger partial charge < -0.3 is 19.6 Å². The van der Waals surface area contributed by atoms with Crippen LogP contribution < -0.4 is 15.1 Å². The number of nitrogens with one attached hydrogen (secondary N) is 2. The second kappa shape index (κ2) is 9.19. The molecule has 1 aromatic carbocycles. The van der Waals surface area contributed by atoms with E-state index < -0.39 is 0 Å². The molecule has 0 spiro atoms. The van der Waals surface area contributed by atoms with Crippen molar-refractivity contribution < 1.29 is 14.2 Å². The molecule has 7 nitrogen and oxygen atoms in total. The predicted octanol–water partition coefficient (Wildman–Crippen LogP) is 2.09. The van der Waals surface area contributed by atoms with Crippen LogP contribution in [0.25, 0.3) is 10.7 Å². The summed E-state index contributed by atoms with van der Waals surface area (Å²) in [5.41, 5.74) is 2.02. The minimum absolute atomic E-state index is 0.0613. The van der Waals surface area contributed by atoms with Crippen LogP contribution >= 0.6 is 11.3 Å². The predicted molar refractivity (Wildman–Crippen MR) is 114 cm³/mol. The molecule has 4 rings (SSSR count). The molecule has 0 bridgehead atoms. The van der Waals surface area contributed by atoms with Gasteiger partial charge in [0, 0.05) is 24.2 Å². The number of piperazine rings is 1. The fraction of sp³-hybridized carbons (Fsp3) is 0.381. The van der Waals surface area contributed by atoms with Gasteiger partial charge in [-0.05, 0) is 42.6 Å². The number of carbonyl (C=O) groups is 1. The van der Waals surface area contributed by atoms with Gasteiger partial charge in [-0.1, -0.05) is 11.2 Å². The van der Waals surface area contributed by atoms with Gasteiger partial charge in [-0.2, -0.15) is 4.98 Å². The third-order valence-corrected chi connectivity index (χ3v) is 6.13. The number of benzene rings is 1. The van der Waals surface area contributed by atoms with Gasteiger partial charge in [-0.25, -0.2) is 0 Å². The minimum Gasteiger partial charge on any atom is -0.360 e. The number of thiophene rings is 1. The number of aryl methyl sites for hydroxylation is 1. The van der Waals surface area contributed by atoms with Crippen molar-refractivity contribution >= 4 is 28.6 Å². The van der Waals surface area contributed by atoms with Crippen LogP contribution in [0.2, 0.25) is 0 Å². The molecule has 2 aromatic heterocycles. The highest BCUT2D eigenvalue weighted by atomic mass is 32.1. The smallest absolute Gasteiger partial charge is 0.227 e. The molecule has 152 valence electrons. The molecule has 1 aliphatic rings. The first-order chi connectivity index (χ1) is 14.2. The highest BCUT2D eigenvalue weighted by Crippen LogP contribution is 2.22. The number of hydrogen-bond acceptors (Lipinski definition) is 6. The molecule has 3 heterocycles. The average molecular weight is 413 g/mol. The Bertz CT molecular complexity index is 915. The lowest BCUT2D eigenvalue weighted by atomic mass is 10.2. The zero-order valence-electron chi connectivity index (χ0n) is 16.6. The summed E-state index contributed by atoms with van der Waals surface area (Å²) < 4.78 is 5.25. The number of aromatic nitrogens is 2. The van der Waals surface area contributed by atoms with Crippen LogP contribution in [0.1, 0.15) is 19.2 Å². The number of amides is 1. The monoisotopic (exact) mass is 412 g/mol. The molecule has 1 aliphatic heterocycles. The first kappa shape index (κ1) is 19.6. The van der Waals surface area contributed by atoms with Crippen LogP contribution in [0.15, 0.2) is 46.3 Å². The summed E-state index contributed by atoms with van der Waals surface area (Å²) in [4.78, 5) is 21.6. The number of anilines is 2. The fourth-order valence-electron chi connectivity index (χ4n) is 3.50. The van der Waals surface area contributed by atoms with E-state index >= 15 is 0 Å². The van der Waals surface area contributed by atoms with Crippen LogP contribution in [-0.2, 0) is 11.2 Å². The summed E-state index contributed by atoms with van der Waals surface area (Å²) in [7, 11) is 0. The van der Waals surface area contributed by atoms with Gasteiger partial charge >= 0.3 is 0 Å². The Labute approximate surface area is 174 Å². The van der Waals surface area contributed by atoms with Crippen LogP contribution in [0.3, 0.4) is 0 Å². The van der Waals surface area contributed by atoms with Crippen molar-refractivity contribution in [2.24, 2.45) is 0 Å². The van der Waals surface area contributed by atoms with E-state index in [9.17, 15) is 4.79 Å². The van der Waals surface area contributed by atoms with E-state index in [1.807, 2.05) is 29.6 Å². The number of carbonyl (C=O) groups excluding carboxylic acids is 1. The molecular formula is C21H26N5O2S+. The number of likely N-dealkylation sites (N-methyl/N-ethyl adjacent to an activating group) is 1. The van der Waals surface area contributed by atoms with E-state index in [0.717, 1.165) is 23.7 Å². The van der Waals surface area contributed by atoms with E-state index in [-0.39, 0.29) is 5.91 Å². The topological polar surface area (TPSA) is 75.7 Å². The minimum atomic E-state index is -0.0613. The van der Waals surface area contributed by atoms with Crippen molar-refractivity contribution in [3.63, 3.8) is 0 Å². The molecule has 8 heteroatoms. The largest absolute Gasteiger partial charge is 0.360 e. The lowest BCUT2D eigenvalue weighted by Crippen LogP contribution is -3.14. The maximum absolute atomic E-state index is 12.3. The lowest BCUT2D eigenvalue weighted by molar-refractivity contribution is -0.898. The second-order valence-electron chi connectivity index (χ2n) is 7.17. The molecule has 29 heavy (non-hydrogen) atoms. The summed E-state index contributed by atoms with van der Waals surface area (Å²) in [6.45, 7) is 7.94. The van der Waals surface area contributed by atoms with Gasteiger partial charge in [0.1, 0.15) is 0 Å². The standard InChI is InChI=1S/C21H25N5O2S/c1-2-25-11-13-26(14-12-25)17-7-5-16(6-8-17)22-19(27)9-10-20-23-21(24-28-20)18-4-3-15-29-18/h3-8,15H,2,9-14H2,1H3,(H,22,27)/p+1. The quantitative estimate of drug-likeness (QED) is 0.622. The van der Waals surface area contributed by atoms with Crippen molar-refractivity contribution in [2.75, 3.05) is 42.9 Å². The zero-order valence-corrected chi connectivity index (χ0v) is 17.4. The number of hydrogen-bond donors (Lipinski definition) is 2. The Balaban J connectivity index is 1.25. The third-order valence-electron chi connectivity index (χ3n) is 5.26. The molecule has 0 unspecified atom stereocenters. The van der Waals surface area contributed by atoms with E-state index in [1.165, 1.54) is 25.3 Å². The third kappa shape index (κ3) is 5.02. The normalized spacial score (nSPS) is 14.9. The van der Waals surface area contributed by atoms with Gasteiger partial charge in [0.2, 0.25) is 17.6 Å². The van der Waals surface area contributed by atoms with E-state index in [4.69, 9.17) is 4.52 Å². The Morgan fingerprint density at radius 2 is 2.03 bits per heavy atom. The molecule has 0 saturated carbocycles. The van der Waals surface area contributed by atoms with Gasteiger partial charge in [0.15, 0.2) is 0 Å². The molecule has 0 aliphatic carbocycles. The van der Waals surface area contributed by atoms with Crippen molar-refractivity contribution in [3.05, 3.63) is 47.7 Å². The molecule has 3 aromatic rings. The highest BCUT2D eigenvalue weighted by Gasteiger charge is 2.18. The summed E-state index contributed by atoms with van der Waals surface area (Å²) >= 11 is 1.56. The maximum Gasteiger partial charge on any atom is 0.227 e. The zero-order chi connectivity index (χ0) is 20.1. The van der Waals surface area contributed by atoms with Crippen LogP contribution in [0.4, 0.5) is 11.4 Å². The number of rotatable bonds is 7. The molecular weight excluding hydrogens is 386 g/mol. The average Bonchev–Trinajstić information content (AvgIpc) is 3.45. The molecule has 0 atom stereocenters. The molecule has 1 fully saturated rings. The Hall–Kier alpha value is -2.71. The van der Waals surface area contributed by atoms with Crippen molar-refractivity contribution in [3.8, 4) is 10.7 Å². The highest BCUT2D eigenvalue weighted by molar-refractivity contribution is 7.13. The van der Waals surface area contributed by atoms with E-state index in [1.54, 1.807) is 16.2 Å². The lowest BCUT2D eigenvalue weighted by Gasteiger charge is -2.33. The van der Waals surface area contributed by atoms with Gasteiger partial charge in [-0.3, -0.25) is 4.79 Å². The van der Waals surface area contributed by atoms with E-state index in [0.29, 0.717) is 24.6 Å². The first-order valence-electron chi connectivity index (χ1n) is 10.1. The molecule has 2 N–H and O–H groups in total. The first-order valence-corrected chi connectivity index (χ1v) is 10.9. The fourth-order valence-corrected chi connectivity index (χ4v) is 4.15. The SMILES string of the molecule is CC[NH+]1CCN(c2ccc(NC(=O)CCc3nc(-c4cccs4)no3)cc2)CC1. The van der Waals surface area contributed by atoms with Crippen LogP contribution in [0, 0.1) is 0 Å². The maximum atomic E-state index is 12.3. The molecule has 1 saturated heterocycles. The Morgan fingerprint density at radius 1 is 1.24 bits per heavy atom.